The molecule has 0 atom stereocenters. The molecule has 0 aliphatic heterocycles. The van der Waals surface area contributed by atoms with Crippen LogP contribution in [0.1, 0.15) is 43.0 Å². The van der Waals surface area contributed by atoms with Crippen molar-refractivity contribution in [3.8, 4) is 11.5 Å². The Balaban J connectivity index is 2.39. The van der Waals surface area contributed by atoms with E-state index in [0.717, 1.165) is 22.6 Å². The van der Waals surface area contributed by atoms with Gasteiger partial charge in [0.25, 0.3) is 0 Å². The SMILES string of the molecule is Cc1ccc(C(C)(C)C)c(Oc2ccc(CO)c(C)c2)c1. The zero-order valence-electron chi connectivity index (χ0n) is 13.5. The summed E-state index contributed by atoms with van der Waals surface area (Å²) in [4.78, 5) is 0. The van der Waals surface area contributed by atoms with E-state index in [-0.39, 0.29) is 12.0 Å². The largest absolute Gasteiger partial charge is 0.457 e. The van der Waals surface area contributed by atoms with Crippen molar-refractivity contribution in [2.45, 2.75) is 46.6 Å². The van der Waals surface area contributed by atoms with E-state index in [0.29, 0.717) is 0 Å². The first kappa shape index (κ1) is 15.6. The first-order valence-corrected chi connectivity index (χ1v) is 7.30. The van der Waals surface area contributed by atoms with E-state index in [1.807, 2.05) is 25.1 Å². The van der Waals surface area contributed by atoms with Crippen LogP contribution in [0, 0.1) is 13.8 Å². The van der Waals surface area contributed by atoms with E-state index >= 15 is 0 Å². The van der Waals surface area contributed by atoms with Crippen LogP contribution in [0.25, 0.3) is 0 Å². The van der Waals surface area contributed by atoms with E-state index in [9.17, 15) is 5.11 Å². The minimum Gasteiger partial charge on any atom is -0.457 e. The van der Waals surface area contributed by atoms with Crippen molar-refractivity contribution in [2.24, 2.45) is 0 Å². The van der Waals surface area contributed by atoms with Crippen LogP contribution >= 0.6 is 0 Å². The van der Waals surface area contributed by atoms with Crippen LogP contribution in [0.3, 0.4) is 0 Å². The van der Waals surface area contributed by atoms with E-state index < -0.39 is 0 Å². The fourth-order valence-electron chi connectivity index (χ4n) is 2.37. The molecule has 0 radical (unpaired) electrons. The highest BCUT2D eigenvalue weighted by molar-refractivity contribution is 5.45. The number of aryl methyl sites for hydroxylation is 2. The van der Waals surface area contributed by atoms with Crippen LogP contribution in [0.2, 0.25) is 0 Å². The lowest BCUT2D eigenvalue weighted by molar-refractivity contribution is 0.281. The molecule has 0 fully saturated rings. The molecule has 0 aromatic heterocycles. The summed E-state index contributed by atoms with van der Waals surface area (Å²) in [6.45, 7) is 10.7. The molecule has 0 saturated carbocycles. The Morgan fingerprint density at radius 3 is 2.29 bits per heavy atom. The predicted octanol–water partition coefficient (Wildman–Crippen LogP) is 4.89. The summed E-state index contributed by atoms with van der Waals surface area (Å²) in [7, 11) is 0. The van der Waals surface area contributed by atoms with Crippen molar-refractivity contribution in [3.63, 3.8) is 0 Å². The summed E-state index contributed by atoms with van der Waals surface area (Å²) in [6, 6.07) is 12.1. The van der Waals surface area contributed by atoms with E-state index in [4.69, 9.17) is 4.74 Å². The first-order chi connectivity index (χ1) is 9.81. The second-order valence-corrected chi connectivity index (χ2v) is 6.60. The van der Waals surface area contributed by atoms with Gasteiger partial charge >= 0.3 is 0 Å². The summed E-state index contributed by atoms with van der Waals surface area (Å²) in [5, 5.41) is 9.25. The van der Waals surface area contributed by atoms with Gasteiger partial charge in [0.1, 0.15) is 11.5 Å². The average Bonchev–Trinajstić information content (AvgIpc) is 2.37. The molecule has 21 heavy (non-hydrogen) atoms. The number of hydrogen-bond acceptors (Lipinski definition) is 2. The minimum atomic E-state index is 0.0309. The predicted molar refractivity (Wildman–Crippen MR) is 87.1 cm³/mol. The summed E-state index contributed by atoms with van der Waals surface area (Å²) < 4.78 is 6.12. The molecular formula is C19H24O2. The van der Waals surface area contributed by atoms with Gasteiger partial charge in [0.05, 0.1) is 6.61 Å². The molecule has 112 valence electrons. The van der Waals surface area contributed by atoms with Gasteiger partial charge in [-0.3, -0.25) is 0 Å². The second-order valence-electron chi connectivity index (χ2n) is 6.60. The third-order valence-corrected chi connectivity index (χ3v) is 3.66. The highest BCUT2D eigenvalue weighted by atomic mass is 16.5. The Kier molecular flexibility index (Phi) is 4.38. The van der Waals surface area contributed by atoms with Crippen molar-refractivity contribution >= 4 is 0 Å². The molecule has 0 saturated heterocycles. The van der Waals surface area contributed by atoms with Crippen molar-refractivity contribution in [2.75, 3.05) is 0 Å². The molecule has 2 rings (SSSR count). The Hall–Kier alpha value is -1.80. The highest BCUT2D eigenvalue weighted by Crippen LogP contribution is 2.35. The maximum Gasteiger partial charge on any atom is 0.131 e. The lowest BCUT2D eigenvalue weighted by Crippen LogP contribution is -2.12. The van der Waals surface area contributed by atoms with Gasteiger partial charge in [-0.15, -0.1) is 0 Å². The molecule has 0 spiro atoms. The zero-order valence-corrected chi connectivity index (χ0v) is 13.5. The topological polar surface area (TPSA) is 29.5 Å². The molecule has 1 N–H and O–H groups in total. The van der Waals surface area contributed by atoms with Crippen LogP contribution < -0.4 is 4.74 Å². The summed E-state index contributed by atoms with van der Waals surface area (Å²) in [5.41, 5.74) is 4.38. The van der Waals surface area contributed by atoms with Gasteiger partial charge in [0, 0.05) is 5.56 Å². The van der Waals surface area contributed by atoms with Gasteiger partial charge in [0.15, 0.2) is 0 Å². The number of aliphatic hydroxyl groups is 1. The standard InChI is InChI=1S/C19H24O2/c1-13-6-9-17(19(3,4)5)18(10-13)21-16-8-7-15(12-20)14(2)11-16/h6-11,20H,12H2,1-5H3. The smallest absolute Gasteiger partial charge is 0.131 e. The van der Waals surface area contributed by atoms with Crippen LogP contribution in [-0.4, -0.2) is 5.11 Å². The van der Waals surface area contributed by atoms with Crippen LogP contribution in [0.15, 0.2) is 36.4 Å². The average molecular weight is 284 g/mol. The van der Waals surface area contributed by atoms with Crippen LogP contribution in [0.4, 0.5) is 0 Å². The molecule has 0 amide bonds. The maximum atomic E-state index is 9.25. The van der Waals surface area contributed by atoms with Crippen molar-refractivity contribution < 1.29 is 9.84 Å². The minimum absolute atomic E-state index is 0.0309. The van der Waals surface area contributed by atoms with E-state index in [2.05, 4.69) is 45.9 Å². The van der Waals surface area contributed by atoms with Crippen molar-refractivity contribution in [1.82, 2.24) is 0 Å². The Labute approximate surface area is 127 Å². The molecular weight excluding hydrogens is 260 g/mol. The van der Waals surface area contributed by atoms with Gasteiger partial charge in [-0.2, -0.15) is 0 Å². The fraction of sp³-hybridized carbons (Fsp3) is 0.368. The monoisotopic (exact) mass is 284 g/mol. The molecule has 2 aromatic carbocycles. The number of benzene rings is 2. The van der Waals surface area contributed by atoms with Crippen LogP contribution in [-0.2, 0) is 12.0 Å². The molecule has 0 aliphatic carbocycles. The third kappa shape index (κ3) is 3.64. The molecule has 0 heterocycles. The lowest BCUT2D eigenvalue weighted by atomic mass is 9.86. The highest BCUT2D eigenvalue weighted by Gasteiger charge is 2.19. The van der Waals surface area contributed by atoms with Gasteiger partial charge in [0.2, 0.25) is 0 Å². The number of rotatable bonds is 3. The van der Waals surface area contributed by atoms with Gasteiger partial charge in [-0.25, -0.2) is 0 Å². The second kappa shape index (κ2) is 5.90. The molecule has 2 nitrogen and oxygen atoms in total. The normalized spacial score (nSPS) is 11.5. The number of ether oxygens (including phenoxy) is 1. The third-order valence-electron chi connectivity index (χ3n) is 3.66. The molecule has 2 aromatic rings. The fourth-order valence-corrected chi connectivity index (χ4v) is 2.37. The Morgan fingerprint density at radius 1 is 1.00 bits per heavy atom. The molecule has 0 unspecified atom stereocenters. The summed E-state index contributed by atoms with van der Waals surface area (Å²) in [5.74, 6) is 1.71. The molecule has 2 heteroatoms. The Bertz CT molecular complexity index is 636. The first-order valence-electron chi connectivity index (χ1n) is 7.30. The number of aliphatic hydroxyl groups excluding tert-OH is 1. The van der Waals surface area contributed by atoms with E-state index in [1.54, 1.807) is 0 Å². The van der Waals surface area contributed by atoms with Crippen molar-refractivity contribution in [3.05, 3.63) is 58.7 Å². The van der Waals surface area contributed by atoms with Gasteiger partial charge in [-0.1, -0.05) is 39.0 Å². The van der Waals surface area contributed by atoms with Crippen molar-refractivity contribution in [1.29, 1.82) is 0 Å². The molecule has 0 aliphatic rings. The van der Waals surface area contributed by atoms with Gasteiger partial charge in [-0.05, 0) is 54.2 Å². The lowest BCUT2D eigenvalue weighted by Gasteiger charge is -2.23. The molecule has 0 bridgehead atoms. The number of hydrogen-bond donors (Lipinski definition) is 1. The maximum absolute atomic E-state index is 9.25. The van der Waals surface area contributed by atoms with E-state index in [1.165, 1.54) is 11.1 Å². The van der Waals surface area contributed by atoms with Gasteiger partial charge < -0.3 is 9.84 Å². The summed E-state index contributed by atoms with van der Waals surface area (Å²) in [6.07, 6.45) is 0. The zero-order chi connectivity index (χ0) is 15.6. The summed E-state index contributed by atoms with van der Waals surface area (Å²) >= 11 is 0. The quantitative estimate of drug-likeness (QED) is 0.870. The van der Waals surface area contributed by atoms with Crippen LogP contribution in [0.5, 0.6) is 11.5 Å². The Morgan fingerprint density at radius 2 is 1.71 bits per heavy atom.